The van der Waals surface area contributed by atoms with Crippen LogP contribution in [0.4, 0.5) is 11.4 Å². The van der Waals surface area contributed by atoms with E-state index in [4.69, 9.17) is 17.3 Å². The third kappa shape index (κ3) is 3.88. The monoisotopic (exact) mass is 311 g/mol. The Kier molecular flexibility index (Phi) is 4.86. The zero-order valence-corrected chi connectivity index (χ0v) is 12.4. The van der Waals surface area contributed by atoms with Crippen molar-refractivity contribution >= 4 is 40.6 Å². The van der Waals surface area contributed by atoms with Gasteiger partial charge in [0, 0.05) is 24.9 Å². The standard InChI is InChI=1S/C12H14ClN5OS/c1-18-7-15-17-12(18)20-5-4-11(19)16-8-2-3-9(13)10(14)6-8/h2-3,6-7H,4-5,14H2,1H3,(H,16,19). The molecule has 2 rings (SSSR count). The molecule has 8 heteroatoms. The number of nitrogens with two attached hydrogens (primary N) is 1. The summed E-state index contributed by atoms with van der Waals surface area (Å²) >= 11 is 7.30. The molecule has 1 aromatic heterocycles. The molecule has 0 bridgehead atoms. The molecule has 1 aromatic carbocycles. The van der Waals surface area contributed by atoms with Gasteiger partial charge in [-0.25, -0.2) is 0 Å². The Morgan fingerprint density at radius 1 is 1.55 bits per heavy atom. The smallest absolute Gasteiger partial charge is 0.225 e. The predicted molar refractivity (Wildman–Crippen MR) is 80.8 cm³/mol. The molecule has 3 N–H and O–H groups in total. The van der Waals surface area contributed by atoms with E-state index in [-0.39, 0.29) is 5.91 Å². The highest BCUT2D eigenvalue weighted by Crippen LogP contribution is 2.22. The van der Waals surface area contributed by atoms with Crippen LogP contribution >= 0.6 is 23.4 Å². The van der Waals surface area contributed by atoms with Crippen molar-refractivity contribution in [1.29, 1.82) is 0 Å². The molecule has 0 saturated heterocycles. The number of amides is 1. The van der Waals surface area contributed by atoms with Crippen LogP contribution < -0.4 is 11.1 Å². The molecule has 20 heavy (non-hydrogen) atoms. The SMILES string of the molecule is Cn1cnnc1SCCC(=O)Nc1ccc(Cl)c(N)c1. The number of rotatable bonds is 5. The lowest BCUT2D eigenvalue weighted by Crippen LogP contribution is -2.12. The number of anilines is 2. The number of carbonyl (C=O) groups is 1. The molecule has 0 spiro atoms. The Hall–Kier alpha value is -1.73. The van der Waals surface area contributed by atoms with Gasteiger partial charge in [0.05, 0.1) is 10.7 Å². The fraction of sp³-hybridized carbons (Fsp3) is 0.250. The van der Waals surface area contributed by atoms with E-state index in [1.165, 1.54) is 11.8 Å². The van der Waals surface area contributed by atoms with E-state index in [9.17, 15) is 4.79 Å². The van der Waals surface area contributed by atoms with Crippen LogP contribution in [0.5, 0.6) is 0 Å². The Balaban J connectivity index is 1.80. The number of nitrogens with one attached hydrogen (secondary N) is 1. The van der Waals surface area contributed by atoms with E-state index in [1.807, 2.05) is 11.6 Å². The minimum atomic E-state index is -0.0820. The van der Waals surface area contributed by atoms with Crippen LogP contribution in [0.25, 0.3) is 0 Å². The number of aryl methyl sites for hydroxylation is 1. The van der Waals surface area contributed by atoms with Crippen LogP contribution in [-0.4, -0.2) is 26.4 Å². The Morgan fingerprint density at radius 2 is 2.35 bits per heavy atom. The maximum Gasteiger partial charge on any atom is 0.225 e. The minimum absolute atomic E-state index is 0.0820. The van der Waals surface area contributed by atoms with Crippen molar-refractivity contribution in [2.45, 2.75) is 11.6 Å². The number of nitrogens with zero attached hydrogens (tertiary/aromatic N) is 3. The van der Waals surface area contributed by atoms with Crippen molar-refractivity contribution < 1.29 is 4.79 Å². The van der Waals surface area contributed by atoms with Crippen LogP contribution in [0.1, 0.15) is 6.42 Å². The zero-order chi connectivity index (χ0) is 14.5. The van der Waals surface area contributed by atoms with Gasteiger partial charge in [0.25, 0.3) is 0 Å². The summed E-state index contributed by atoms with van der Waals surface area (Å²) in [5, 5.41) is 11.7. The van der Waals surface area contributed by atoms with Gasteiger partial charge in [0.15, 0.2) is 5.16 Å². The molecule has 6 nitrogen and oxygen atoms in total. The highest BCUT2D eigenvalue weighted by molar-refractivity contribution is 7.99. The first-order valence-electron chi connectivity index (χ1n) is 5.88. The molecule has 0 saturated carbocycles. The highest BCUT2D eigenvalue weighted by atomic mass is 35.5. The quantitative estimate of drug-likeness (QED) is 0.653. The summed E-state index contributed by atoms with van der Waals surface area (Å²) in [6.45, 7) is 0. The first-order chi connectivity index (χ1) is 9.56. The molecule has 0 atom stereocenters. The Morgan fingerprint density at radius 3 is 3.00 bits per heavy atom. The van der Waals surface area contributed by atoms with Crippen molar-refractivity contribution in [2.24, 2.45) is 7.05 Å². The molecule has 0 fully saturated rings. The summed E-state index contributed by atoms with van der Waals surface area (Å²) in [4.78, 5) is 11.8. The molecule has 1 heterocycles. The van der Waals surface area contributed by atoms with Crippen molar-refractivity contribution in [3.63, 3.8) is 0 Å². The molecule has 0 aliphatic rings. The molecule has 0 radical (unpaired) electrons. The average Bonchev–Trinajstić information content (AvgIpc) is 2.80. The number of halogens is 1. The summed E-state index contributed by atoms with van der Waals surface area (Å²) in [5.41, 5.74) is 6.75. The van der Waals surface area contributed by atoms with E-state index in [0.29, 0.717) is 28.6 Å². The summed E-state index contributed by atoms with van der Waals surface area (Å²) in [6.07, 6.45) is 2.00. The third-order valence-corrected chi connectivity index (χ3v) is 3.89. The molecule has 0 aliphatic heterocycles. The normalized spacial score (nSPS) is 10.5. The molecule has 0 aliphatic carbocycles. The van der Waals surface area contributed by atoms with Crippen molar-refractivity contribution in [1.82, 2.24) is 14.8 Å². The van der Waals surface area contributed by atoms with Gasteiger partial charge >= 0.3 is 0 Å². The number of aromatic nitrogens is 3. The van der Waals surface area contributed by atoms with Gasteiger partial charge in [0.1, 0.15) is 6.33 Å². The molecule has 106 valence electrons. The summed E-state index contributed by atoms with van der Waals surface area (Å²) in [7, 11) is 1.86. The lowest BCUT2D eigenvalue weighted by molar-refractivity contribution is -0.115. The molecule has 1 amide bonds. The zero-order valence-electron chi connectivity index (χ0n) is 10.8. The van der Waals surface area contributed by atoms with Crippen LogP contribution in [-0.2, 0) is 11.8 Å². The maximum absolute atomic E-state index is 11.8. The molecular weight excluding hydrogens is 298 g/mol. The van der Waals surface area contributed by atoms with E-state index in [0.717, 1.165) is 5.16 Å². The Bertz CT molecular complexity index is 616. The molecular formula is C12H14ClN5OS. The van der Waals surface area contributed by atoms with Crippen LogP contribution in [0.2, 0.25) is 5.02 Å². The van der Waals surface area contributed by atoms with E-state index >= 15 is 0 Å². The maximum atomic E-state index is 11.8. The van der Waals surface area contributed by atoms with Gasteiger partial charge in [-0.1, -0.05) is 23.4 Å². The second kappa shape index (κ2) is 6.62. The summed E-state index contributed by atoms with van der Waals surface area (Å²) in [6, 6.07) is 5.00. The second-order valence-corrected chi connectivity index (χ2v) is 5.58. The average molecular weight is 312 g/mol. The molecule has 2 aromatic rings. The summed E-state index contributed by atoms with van der Waals surface area (Å²) < 4.78 is 1.81. The minimum Gasteiger partial charge on any atom is -0.397 e. The van der Waals surface area contributed by atoms with Crippen LogP contribution in [0.3, 0.4) is 0 Å². The molecule has 0 unspecified atom stereocenters. The first kappa shape index (κ1) is 14.7. The van der Waals surface area contributed by atoms with Crippen LogP contribution in [0, 0.1) is 0 Å². The second-order valence-electron chi connectivity index (χ2n) is 4.11. The number of hydrogen-bond donors (Lipinski definition) is 2. The van der Waals surface area contributed by atoms with Gasteiger partial charge < -0.3 is 15.6 Å². The van der Waals surface area contributed by atoms with Crippen molar-refractivity contribution in [2.75, 3.05) is 16.8 Å². The van der Waals surface area contributed by atoms with Gasteiger partial charge in [-0.15, -0.1) is 10.2 Å². The third-order valence-electron chi connectivity index (χ3n) is 2.51. The van der Waals surface area contributed by atoms with Crippen molar-refractivity contribution in [3.05, 3.63) is 29.5 Å². The topological polar surface area (TPSA) is 85.8 Å². The van der Waals surface area contributed by atoms with Gasteiger partial charge in [0.2, 0.25) is 5.91 Å². The number of thioether (sulfide) groups is 1. The summed E-state index contributed by atoms with van der Waals surface area (Å²) in [5.74, 6) is 0.544. The number of hydrogen-bond acceptors (Lipinski definition) is 5. The van der Waals surface area contributed by atoms with Gasteiger partial charge in [-0.05, 0) is 18.2 Å². The number of carbonyl (C=O) groups excluding carboxylic acids is 1. The lowest BCUT2D eigenvalue weighted by atomic mass is 10.2. The van der Waals surface area contributed by atoms with Gasteiger partial charge in [-0.2, -0.15) is 0 Å². The van der Waals surface area contributed by atoms with Gasteiger partial charge in [-0.3, -0.25) is 4.79 Å². The lowest BCUT2D eigenvalue weighted by Gasteiger charge is -2.06. The fourth-order valence-electron chi connectivity index (χ4n) is 1.48. The first-order valence-corrected chi connectivity index (χ1v) is 7.24. The van der Waals surface area contributed by atoms with E-state index in [1.54, 1.807) is 24.5 Å². The number of nitrogen functional groups attached to an aromatic ring is 1. The van der Waals surface area contributed by atoms with E-state index < -0.39 is 0 Å². The van der Waals surface area contributed by atoms with Crippen LogP contribution in [0.15, 0.2) is 29.7 Å². The fourth-order valence-corrected chi connectivity index (χ4v) is 2.43. The predicted octanol–water partition coefficient (Wildman–Crippen LogP) is 2.17. The highest BCUT2D eigenvalue weighted by Gasteiger charge is 2.06. The number of benzene rings is 1. The van der Waals surface area contributed by atoms with Crippen molar-refractivity contribution in [3.8, 4) is 0 Å². The largest absolute Gasteiger partial charge is 0.397 e. The van der Waals surface area contributed by atoms with E-state index in [2.05, 4.69) is 15.5 Å². The Labute approximate surface area is 125 Å².